The van der Waals surface area contributed by atoms with Gasteiger partial charge in [0.15, 0.2) is 0 Å². The van der Waals surface area contributed by atoms with Gasteiger partial charge in [-0.05, 0) is 37.6 Å². The Bertz CT molecular complexity index is 426. The fraction of sp³-hybridized carbons (Fsp3) is 0.308. The lowest BCUT2D eigenvalue weighted by atomic mass is 10.1. The largest absolute Gasteiger partial charge is 0.309 e. The first kappa shape index (κ1) is 12.4. The van der Waals surface area contributed by atoms with Crippen molar-refractivity contribution in [1.29, 1.82) is 5.26 Å². The van der Waals surface area contributed by atoms with Crippen LogP contribution in [0, 0.1) is 17.1 Å². The zero-order valence-electron chi connectivity index (χ0n) is 9.55. The van der Waals surface area contributed by atoms with E-state index < -0.39 is 0 Å². The number of nitrogens with zero attached hydrogens (tertiary/aromatic N) is 1. The van der Waals surface area contributed by atoms with Crippen molar-refractivity contribution in [3.8, 4) is 6.07 Å². The number of benzene rings is 1. The van der Waals surface area contributed by atoms with Crippen LogP contribution in [0.1, 0.15) is 25.0 Å². The summed E-state index contributed by atoms with van der Waals surface area (Å²) in [5, 5.41) is 11.8. The summed E-state index contributed by atoms with van der Waals surface area (Å²) in [4.78, 5) is 0. The number of nitrogens with one attached hydrogen (secondary N) is 1. The summed E-state index contributed by atoms with van der Waals surface area (Å²) in [6, 6.07) is 6.31. The minimum absolute atomic E-state index is 0.360. The van der Waals surface area contributed by atoms with Gasteiger partial charge >= 0.3 is 0 Å². The second-order valence-corrected chi connectivity index (χ2v) is 3.87. The highest BCUT2D eigenvalue weighted by Crippen LogP contribution is 2.08. The van der Waals surface area contributed by atoms with E-state index in [4.69, 9.17) is 5.26 Å². The van der Waals surface area contributed by atoms with Crippen LogP contribution in [0.15, 0.2) is 29.8 Å². The first-order valence-corrected chi connectivity index (χ1v) is 5.15. The van der Waals surface area contributed by atoms with Crippen LogP contribution in [0.3, 0.4) is 0 Å². The molecule has 0 fully saturated rings. The van der Waals surface area contributed by atoms with Crippen LogP contribution in [-0.4, -0.2) is 6.54 Å². The van der Waals surface area contributed by atoms with Crippen LogP contribution in [0.5, 0.6) is 0 Å². The van der Waals surface area contributed by atoms with E-state index in [0.717, 1.165) is 12.1 Å². The Balaban J connectivity index is 2.58. The summed E-state index contributed by atoms with van der Waals surface area (Å²) in [6.45, 7) is 5.37. The number of hydrogen-bond acceptors (Lipinski definition) is 2. The average molecular weight is 218 g/mol. The van der Waals surface area contributed by atoms with E-state index in [9.17, 15) is 4.39 Å². The van der Waals surface area contributed by atoms with Gasteiger partial charge in [-0.25, -0.2) is 4.39 Å². The minimum atomic E-state index is -0.363. The molecule has 0 spiro atoms. The maximum atomic E-state index is 13.1. The highest BCUT2D eigenvalue weighted by Gasteiger charge is 1.99. The number of allylic oxidation sites excluding steroid dienone is 1. The van der Waals surface area contributed by atoms with Gasteiger partial charge in [-0.3, -0.25) is 0 Å². The van der Waals surface area contributed by atoms with Crippen molar-refractivity contribution in [2.45, 2.75) is 20.4 Å². The lowest BCUT2D eigenvalue weighted by Crippen LogP contribution is -2.13. The molecule has 0 unspecified atom stereocenters. The quantitative estimate of drug-likeness (QED) is 0.623. The summed E-state index contributed by atoms with van der Waals surface area (Å²) < 4.78 is 13.1. The van der Waals surface area contributed by atoms with Gasteiger partial charge in [-0.2, -0.15) is 5.26 Å². The van der Waals surface area contributed by atoms with Gasteiger partial charge in [0.1, 0.15) is 5.82 Å². The summed E-state index contributed by atoms with van der Waals surface area (Å²) in [6.07, 6.45) is 2.06. The van der Waals surface area contributed by atoms with Gasteiger partial charge in [0.2, 0.25) is 0 Å². The van der Waals surface area contributed by atoms with Crippen LogP contribution in [0.25, 0.3) is 0 Å². The van der Waals surface area contributed by atoms with Crippen molar-refractivity contribution < 1.29 is 4.39 Å². The Hall–Kier alpha value is -1.66. The third-order valence-corrected chi connectivity index (χ3v) is 2.07. The van der Waals surface area contributed by atoms with Gasteiger partial charge in [-0.15, -0.1) is 0 Å². The summed E-state index contributed by atoms with van der Waals surface area (Å²) in [7, 11) is 0. The third-order valence-electron chi connectivity index (χ3n) is 2.07. The van der Waals surface area contributed by atoms with Crippen LogP contribution < -0.4 is 5.32 Å². The molecule has 1 rings (SSSR count). The lowest BCUT2D eigenvalue weighted by molar-refractivity contribution is 0.622. The highest BCUT2D eigenvalue weighted by molar-refractivity contribution is 5.33. The number of hydrogen-bond donors (Lipinski definition) is 1. The van der Waals surface area contributed by atoms with Gasteiger partial charge < -0.3 is 5.32 Å². The van der Waals surface area contributed by atoms with Crippen molar-refractivity contribution in [2.75, 3.05) is 6.54 Å². The van der Waals surface area contributed by atoms with E-state index in [1.807, 2.05) is 19.9 Å². The molecule has 3 heteroatoms. The van der Waals surface area contributed by atoms with Gasteiger partial charge in [0.05, 0.1) is 11.6 Å². The van der Waals surface area contributed by atoms with Crippen LogP contribution in [0.4, 0.5) is 4.39 Å². The summed E-state index contributed by atoms with van der Waals surface area (Å²) >= 11 is 0. The number of rotatable bonds is 4. The molecule has 0 aliphatic carbocycles. The van der Waals surface area contributed by atoms with Crippen molar-refractivity contribution >= 4 is 0 Å². The first-order valence-electron chi connectivity index (χ1n) is 5.15. The lowest BCUT2D eigenvalue weighted by Gasteiger charge is -2.03. The molecule has 84 valence electrons. The third kappa shape index (κ3) is 4.24. The molecule has 16 heavy (non-hydrogen) atoms. The predicted octanol–water partition coefficient (Wildman–Crippen LogP) is 2.75. The van der Waals surface area contributed by atoms with Crippen LogP contribution >= 0.6 is 0 Å². The molecular weight excluding hydrogens is 203 g/mol. The van der Waals surface area contributed by atoms with Crippen molar-refractivity contribution in [3.63, 3.8) is 0 Å². The van der Waals surface area contributed by atoms with Gasteiger partial charge in [0, 0.05) is 13.1 Å². The van der Waals surface area contributed by atoms with Gasteiger partial charge in [0.25, 0.3) is 0 Å². The van der Waals surface area contributed by atoms with Crippen LogP contribution in [0.2, 0.25) is 0 Å². The van der Waals surface area contributed by atoms with Crippen molar-refractivity contribution in [2.24, 2.45) is 0 Å². The molecule has 0 saturated heterocycles. The van der Waals surface area contributed by atoms with E-state index in [1.165, 1.54) is 17.7 Å². The number of halogens is 1. The standard InChI is InChI=1S/C13H15FN2/c1-10(2)3-4-16-9-12-5-11(8-15)6-13(14)7-12/h3,5-7,16H,4,9H2,1-2H3. The summed E-state index contributed by atoms with van der Waals surface area (Å²) in [5.74, 6) is -0.363. The topological polar surface area (TPSA) is 35.8 Å². The fourth-order valence-corrected chi connectivity index (χ4v) is 1.31. The smallest absolute Gasteiger partial charge is 0.124 e. The molecular formula is C13H15FN2. The maximum absolute atomic E-state index is 13.1. The van der Waals surface area contributed by atoms with Crippen LogP contribution in [-0.2, 0) is 6.54 Å². The molecule has 0 atom stereocenters. The Morgan fingerprint density at radius 2 is 2.19 bits per heavy atom. The molecule has 2 nitrogen and oxygen atoms in total. The van der Waals surface area contributed by atoms with E-state index in [1.54, 1.807) is 6.07 Å². The SMILES string of the molecule is CC(C)=CCNCc1cc(F)cc(C#N)c1. The minimum Gasteiger partial charge on any atom is -0.309 e. The molecule has 0 aliphatic heterocycles. The predicted molar refractivity (Wildman–Crippen MR) is 62.3 cm³/mol. The summed E-state index contributed by atoms with van der Waals surface area (Å²) in [5.41, 5.74) is 2.39. The molecule has 1 aromatic rings. The van der Waals surface area contributed by atoms with E-state index >= 15 is 0 Å². The second kappa shape index (κ2) is 6.04. The first-order chi connectivity index (χ1) is 7.61. The second-order valence-electron chi connectivity index (χ2n) is 3.87. The van der Waals surface area contributed by atoms with E-state index in [2.05, 4.69) is 11.4 Å². The molecule has 0 heterocycles. The molecule has 0 radical (unpaired) electrons. The Morgan fingerprint density at radius 3 is 2.81 bits per heavy atom. The Morgan fingerprint density at radius 1 is 1.44 bits per heavy atom. The van der Waals surface area contributed by atoms with Gasteiger partial charge in [-0.1, -0.05) is 11.6 Å². The molecule has 0 amide bonds. The molecule has 0 bridgehead atoms. The monoisotopic (exact) mass is 218 g/mol. The van der Waals surface area contributed by atoms with E-state index in [0.29, 0.717) is 12.1 Å². The zero-order chi connectivity index (χ0) is 12.0. The Labute approximate surface area is 95.4 Å². The number of nitriles is 1. The zero-order valence-corrected chi connectivity index (χ0v) is 9.55. The fourth-order valence-electron chi connectivity index (χ4n) is 1.31. The normalized spacial score (nSPS) is 9.62. The molecule has 1 N–H and O–H groups in total. The van der Waals surface area contributed by atoms with Crippen molar-refractivity contribution in [1.82, 2.24) is 5.32 Å². The average Bonchev–Trinajstić information content (AvgIpc) is 2.23. The van der Waals surface area contributed by atoms with E-state index in [-0.39, 0.29) is 5.82 Å². The molecule has 0 aliphatic rings. The highest BCUT2D eigenvalue weighted by atomic mass is 19.1. The van der Waals surface area contributed by atoms with Crippen molar-refractivity contribution in [3.05, 3.63) is 46.8 Å². The maximum Gasteiger partial charge on any atom is 0.124 e. The molecule has 1 aromatic carbocycles. The molecule has 0 saturated carbocycles. The Kier molecular flexibility index (Phi) is 4.68. The molecule has 0 aromatic heterocycles.